The van der Waals surface area contributed by atoms with Crippen LogP contribution in [-0.4, -0.2) is 4.98 Å². The molecule has 1 heterocycles. The van der Waals surface area contributed by atoms with Crippen LogP contribution in [0.2, 0.25) is 10.0 Å². The molecule has 17 heavy (non-hydrogen) atoms. The summed E-state index contributed by atoms with van der Waals surface area (Å²) in [4.78, 5) is 4.08. The largest absolute Gasteiger partial charge is 0.456 e. The van der Waals surface area contributed by atoms with Crippen molar-refractivity contribution < 1.29 is 4.74 Å². The fourth-order valence-electron chi connectivity index (χ4n) is 1.31. The van der Waals surface area contributed by atoms with Gasteiger partial charge in [0.25, 0.3) is 0 Å². The molecule has 0 atom stereocenters. The molecule has 0 amide bonds. The molecular formula is C12H10Cl2N2O. The van der Waals surface area contributed by atoms with E-state index in [1.807, 2.05) is 0 Å². The lowest BCUT2D eigenvalue weighted by atomic mass is 10.3. The minimum Gasteiger partial charge on any atom is -0.456 e. The van der Waals surface area contributed by atoms with Crippen molar-refractivity contribution in [2.75, 3.05) is 0 Å². The van der Waals surface area contributed by atoms with Crippen molar-refractivity contribution in [1.29, 1.82) is 0 Å². The number of benzene rings is 1. The summed E-state index contributed by atoms with van der Waals surface area (Å²) in [6, 6.07) is 8.54. The molecule has 0 aliphatic carbocycles. The lowest BCUT2D eigenvalue weighted by Crippen LogP contribution is -1.99. The van der Waals surface area contributed by atoms with Crippen molar-refractivity contribution >= 4 is 23.2 Å². The molecule has 2 N–H and O–H groups in total. The Morgan fingerprint density at radius 2 is 2.00 bits per heavy atom. The van der Waals surface area contributed by atoms with Gasteiger partial charge in [0.1, 0.15) is 11.5 Å². The molecule has 5 heteroatoms. The first-order valence-electron chi connectivity index (χ1n) is 4.97. The monoisotopic (exact) mass is 268 g/mol. The fourth-order valence-corrected chi connectivity index (χ4v) is 1.63. The summed E-state index contributed by atoms with van der Waals surface area (Å²) in [6.45, 7) is 0.362. The lowest BCUT2D eigenvalue weighted by Gasteiger charge is -2.08. The number of hydrogen-bond donors (Lipinski definition) is 1. The van der Waals surface area contributed by atoms with Gasteiger partial charge in [0, 0.05) is 29.9 Å². The number of halogens is 2. The third-order valence-electron chi connectivity index (χ3n) is 2.12. The SMILES string of the molecule is NCc1cc(Oc2cc(Cl)ccc2Cl)ccn1. The summed E-state index contributed by atoms with van der Waals surface area (Å²) in [5.74, 6) is 1.14. The summed E-state index contributed by atoms with van der Waals surface area (Å²) in [7, 11) is 0. The molecule has 2 rings (SSSR count). The molecule has 88 valence electrons. The molecule has 0 unspecified atom stereocenters. The zero-order chi connectivity index (χ0) is 12.3. The van der Waals surface area contributed by atoms with Gasteiger partial charge in [0.05, 0.1) is 10.7 Å². The van der Waals surface area contributed by atoms with E-state index in [0.29, 0.717) is 28.1 Å². The molecule has 0 radical (unpaired) electrons. The Labute approximate surface area is 109 Å². The van der Waals surface area contributed by atoms with E-state index in [0.717, 1.165) is 5.69 Å². The highest BCUT2D eigenvalue weighted by Crippen LogP contribution is 2.31. The van der Waals surface area contributed by atoms with Gasteiger partial charge in [0.15, 0.2) is 0 Å². The van der Waals surface area contributed by atoms with Crippen LogP contribution in [0.5, 0.6) is 11.5 Å². The van der Waals surface area contributed by atoms with Crippen LogP contribution in [0, 0.1) is 0 Å². The Bertz CT molecular complexity index is 532. The number of nitrogens with two attached hydrogens (primary N) is 1. The summed E-state index contributed by atoms with van der Waals surface area (Å²) < 4.78 is 5.62. The van der Waals surface area contributed by atoms with E-state index >= 15 is 0 Å². The van der Waals surface area contributed by atoms with Crippen LogP contribution in [0.15, 0.2) is 36.5 Å². The van der Waals surface area contributed by atoms with Gasteiger partial charge in [0.2, 0.25) is 0 Å². The van der Waals surface area contributed by atoms with E-state index in [4.69, 9.17) is 33.7 Å². The van der Waals surface area contributed by atoms with Crippen LogP contribution in [0.25, 0.3) is 0 Å². The van der Waals surface area contributed by atoms with Crippen molar-refractivity contribution in [3.05, 3.63) is 52.3 Å². The zero-order valence-electron chi connectivity index (χ0n) is 8.86. The summed E-state index contributed by atoms with van der Waals surface area (Å²) in [5, 5.41) is 1.07. The van der Waals surface area contributed by atoms with E-state index in [9.17, 15) is 0 Å². The maximum absolute atomic E-state index is 6.00. The highest BCUT2D eigenvalue weighted by Gasteiger charge is 2.04. The Morgan fingerprint density at radius 1 is 1.18 bits per heavy atom. The fraction of sp³-hybridized carbons (Fsp3) is 0.0833. The number of aromatic nitrogens is 1. The average Bonchev–Trinajstić information content (AvgIpc) is 2.34. The van der Waals surface area contributed by atoms with Crippen LogP contribution in [0.3, 0.4) is 0 Å². The van der Waals surface area contributed by atoms with Crippen molar-refractivity contribution in [1.82, 2.24) is 4.98 Å². The lowest BCUT2D eigenvalue weighted by molar-refractivity contribution is 0.481. The van der Waals surface area contributed by atoms with Gasteiger partial charge >= 0.3 is 0 Å². The van der Waals surface area contributed by atoms with Crippen LogP contribution < -0.4 is 10.5 Å². The second-order valence-electron chi connectivity index (χ2n) is 3.36. The van der Waals surface area contributed by atoms with Crippen LogP contribution in [0.4, 0.5) is 0 Å². The van der Waals surface area contributed by atoms with Crippen molar-refractivity contribution in [2.45, 2.75) is 6.54 Å². The molecule has 0 fully saturated rings. The van der Waals surface area contributed by atoms with Gasteiger partial charge < -0.3 is 10.5 Å². The highest BCUT2D eigenvalue weighted by molar-refractivity contribution is 6.34. The molecule has 1 aromatic heterocycles. The number of ether oxygens (including phenoxy) is 1. The Hall–Kier alpha value is -1.29. The Morgan fingerprint density at radius 3 is 2.76 bits per heavy atom. The first-order chi connectivity index (χ1) is 8.19. The normalized spacial score (nSPS) is 10.3. The van der Waals surface area contributed by atoms with Gasteiger partial charge in [-0.05, 0) is 18.2 Å². The molecule has 0 saturated carbocycles. The highest BCUT2D eigenvalue weighted by atomic mass is 35.5. The van der Waals surface area contributed by atoms with E-state index in [2.05, 4.69) is 4.98 Å². The van der Waals surface area contributed by atoms with Gasteiger partial charge in [-0.25, -0.2) is 0 Å². The van der Waals surface area contributed by atoms with E-state index < -0.39 is 0 Å². The topological polar surface area (TPSA) is 48.1 Å². The van der Waals surface area contributed by atoms with Crippen LogP contribution in [-0.2, 0) is 6.54 Å². The third-order valence-corrected chi connectivity index (χ3v) is 2.67. The standard InChI is InChI=1S/C12H10Cl2N2O/c13-8-1-2-11(14)12(5-8)17-10-3-4-16-9(6-10)7-15/h1-6H,7,15H2. The number of rotatable bonds is 3. The molecular weight excluding hydrogens is 259 g/mol. The predicted molar refractivity (Wildman–Crippen MR) is 68.7 cm³/mol. The van der Waals surface area contributed by atoms with E-state index in [-0.39, 0.29) is 0 Å². The molecule has 0 spiro atoms. The van der Waals surface area contributed by atoms with Crippen molar-refractivity contribution in [3.8, 4) is 11.5 Å². The second kappa shape index (κ2) is 5.36. The molecule has 0 saturated heterocycles. The Kier molecular flexibility index (Phi) is 3.84. The van der Waals surface area contributed by atoms with Crippen molar-refractivity contribution in [2.24, 2.45) is 5.73 Å². The van der Waals surface area contributed by atoms with Gasteiger partial charge in [-0.1, -0.05) is 23.2 Å². The summed E-state index contributed by atoms with van der Waals surface area (Å²) in [5.41, 5.74) is 6.25. The smallest absolute Gasteiger partial charge is 0.147 e. The van der Waals surface area contributed by atoms with Crippen LogP contribution >= 0.6 is 23.2 Å². The molecule has 0 aliphatic rings. The van der Waals surface area contributed by atoms with E-state index in [1.54, 1.807) is 36.5 Å². The first kappa shape index (κ1) is 12.2. The van der Waals surface area contributed by atoms with Gasteiger partial charge in [-0.2, -0.15) is 0 Å². The zero-order valence-corrected chi connectivity index (χ0v) is 10.4. The second-order valence-corrected chi connectivity index (χ2v) is 4.21. The Balaban J connectivity index is 2.27. The molecule has 1 aromatic carbocycles. The summed E-state index contributed by atoms with van der Waals surface area (Å²) in [6.07, 6.45) is 1.63. The van der Waals surface area contributed by atoms with E-state index in [1.165, 1.54) is 0 Å². The number of pyridine rings is 1. The number of hydrogen-bond acceptors (Lipinski definition) is 3. The van der Waals surface area contributed by atoms with Crippen LogP contribution in [0.1, 0.15) is 5.69 Å². The number of nitrogens with zero attached hydrogens (tertiary/aromatic N) is 1. The van der Waals surface area contributed by atoms with Gasteiger partial charge in [-0.3, -0.25) is 4.98 Å². The molecule has 0 bridgehead atoms. The van der Waals surface area contributed by atoms with Gasteiger partial charge in [-0.15, -0.1) is 0 Å². The summed E-state index contributed by atoms with van der Waals surface area (Å²) >= 11 is 11.9. The minimum absolute atomic E-state index is 0.362. The maximum atomic E-state index is 6.00. The average molecular weight is 269 g/mol. The quantitative estimate of drug-likeness (QED) is 0.925. The minimum atomic E-state index is 0.362. The molecule has 0 aliphatic heterocycles. The molecule has 2 aromatic rings. The first-order valence-corrected chi connectivity index (χ1v) is 5.72. The molecule has 3 nitrogen and oxygen atoms in total. The third kappa shape index (κ3) is 3.09. The maximum Gasteiger partial charge on any atom is 0.147 e. The predicted octanol–water partition coefficient (Wildman–Crippen LogP) is 3.64. The van der Waals surface area contributed by atoms with Crippen molar-refractivity contribution in [3.63, 3.8) is 0 Å².